The fourth-order valence-corrected chi connectivity index (χ4v) is 5.64. The standard InChI is InChI=1S/C29H27N3O4S/c1-3-32(4-2)19-21-18-22(30-28-25-13-7-8-15-27(25)37(34,35)31-28)16-17-26(21)36-29(33)24-14-9-11-20-10-5-6-12-23(20)24/h5-18H,3-4,19H2,1-2H3,(H,30,31). The third-order valence-electron chi connectivity index (χ3n) is 6.46. The number of benzene rings is 4. The number of nitrogens with one attached hydrogen (secondary N) is 1. The van der Waals surface area contributed by atoms with Crippen molar-refractivity contribution in [2.75, 3.05) is 18.4 Å². The molecule has 1 aliphatic rings. The van der Waals surface area contributed by atoms with Crippen LogP contribution in [0.15, 0.2) is 94.2 Å². The van der Waals surface area contributed by atoms with Crippen molar-refractivity contribution in [1.82, 2.24) is 4.90 Å². The van der Waals surface area contributed by atoms with Gasteiger partial charge in [0.05, 0.1) is 5.56 Å². The Morgan fingerprint density at radius 2 is 1.65 bits per heavy atom. The Balaban J connectivity index is 1.47. The molecule has 7 nitrogen and oxygen atoms in total. The van der Waals surface area contributed by atoms with Gasteiger partial charge in [-0.1, -0.05) is 62.4 Å². The first-order valence-electron chi connectivity index (χ1n) is 12.2. The first-order valence-corrected chi connectivity index (χ1v) is 13.6. The van der Waals surface area contributed by atoms with E-state index >= 15 is 0 Å². The van der Waals surface area contributed by atoms with Gasteiger partial charge in [0.25, 0.3) is 10.0 Å². The minimum atomic E-state index is -3.74. The number of fused-ring (bicyclic) bond motifs is 2. The zero-order valence-electron chi connectivity index (χ0n) is 20.6. The van der Waals surface area contributed by atoms with Gasteiger partial charge in [-0.05, 0) is 60.3 Å². The van der Waals surface area contributed by atoms with Crippen molar-refractivity contribution in [1.29, 1.82) is 0 Å². The lowest BCUT2D eigenvalue weighted by molar-refractivity contribution is 0.0733. The molecule has 0 radical (unpaired) electrons. The lowest BCUT2D eigenvalue weighted by Crippen LogP contribution is -2.23. The Hall–Kier alpha value is -4.01. The number of amidine groups is 1. The second-order valence-corrected chi connectivity index (χ2v) is 10.3. The van der Waals surface area contributed by atoms with E-state index < -0.39 is 16.0 Å². The van der Waals surface area contributed by atoms with Crippen molar-refractivity contribution in [2.45, 2.75) is 25.3 Å². The zero-order valence-corrected chi connectivity index (χ0v) is 21.5. The Bertz CT molecular complexity index is 1620. The van der Waals surface area contributed by atoms with Gasteiger partial charge >= 0.3 is 5.97 Å². The minimum Gasteiger partial charge on any atom is -0.423 e. The molecule has 1 heterocycles. The van der Waals surface area contributed by atoms with Gasteiger partial charge in [0.2, 0.25) is 0 Å². The molecule has 8 heteroatoms. The van der Waals surface area contributed by atoms with E-state index in [9.17, 15) is 13.2 Å². The third kappa shape index (κ3) is 4.98. The quantitative estimate of drug-likeness (QED) is 0.261. The van der Waals surface area contributed by atoms with Gasteiger partial charge in [0.15, 0.2) is 5.84 Å². The number of nitrogens with zero attached hydrogens (tertiary/aromatic N) is 2. The highest BCUT2D eigenvalue weighted by Crippen LogP contribution is 2.30. The van der Waals surface area contributed by atoms with Crippen LogP contribution in [0.3, 0.4) is 0 Å². The van der Waals surface area contributed by atoms with Gasteiger partial charge in [-0.15, -0.1) is 4.40 Å². The summed E-state index contributed by atoms with van der Waals surface area (Å²) in [5, 5.41) is 4.95. The summed E-state index contributed by atoms with van der Waals surface area (Å²) in [5.74, 6) is 0.292. The Morgan fingerprint density at radius 1 is 0.919 bits per heavy atom. The maximum absolute atomic E-state index is 13.2. The molecule has 5 rings (SSSR count). The van der Waals surface area contributed by atoms with Crippen molar-refractivity contribution in [3.63, 3.8) is 0 Å². The zero-order chi connectivity index (χ0) is 26.0. The van der Waals surface area contributed by atoms with Crippen LogP contribution in [0, 0.1) is 0 Å². The largest absolute Gasteiger partial charge is 0.423 e. The maximum Gasteiger partial charge on any atom is 0.344 e. The summed E-state index contributed by atoms with van der Waals surface area (Å²) < 4.78 is 34.8. The fraction of sp³-hybridized carbons (Fsp3) is 0.172. The molecule has 0 amide bonds. The van der Waals surface area contributed by atoms with Crippen LogP contribution in [0.2, 0.25) is 0 Å². The number of hydrogen-bond donors (Lipinski definition) is 1. The summed E-state index contributed by atoms with van der Waals surface area (Å²) in [7, 11) is -3.74. The summed E-state index contributed by atoms with van der Waals surface area (Å²) in [6, 6.07) is 25.4. The lowest BCUT2D eigenvalue weighted by Gasteiger charge is -2.21. The van der Waals surface area contributed by atoms with Crippen LogP contribution in [-0.2, 0) is 16.6 Å². The summed E-state index contributed by atoms with van der Waals surface area (Å²) >= 11 is 0. The maximum atomic E-state index is 13.2. The highest BCUT2D eigenvalue weighted by atomic mass is 32.2. The van der Waals surface area contributed by atoms with Crippen molar-refractivity contribution in [2.24, 2.45) is 4.40 Å². The number of hydrogen-bond acceptors (Lipinski definition) is 6. The van der Waals surface area contributed by atoms with E-state index in [4.69, 9.17) is 4.74 Å². The molecule has 1 aliphatic heterocycles. The second-order valence-electron chi connectivity index (χ2n) is 8.74. The Labute approximate surface area is 216 Å². The molecule has 0 aliphatic carbocycles. The van der Waals surface area contributed by atoms with E-state index in [2.05, 4.69) is 28.5 Å². The lowest BCUT2D eigenvalue weighted by atomic mass is 10.0. The van der Waals surface area contributed by atoms with Crippen LogP contribution in [0.5, 0.6) is 5.75 Å². The average molecular weight is 514 g/mol. The van der Waals surface area contributed by atoms with Crippen molar-refractivity contribution >= 4 is 38.3 Å². The number of rotatable bonds is 7. The Kier molecular flexibility index (Phi) is 6.78. The average Bonchev–Trinajstić information content (AvgIpc) is 3.17. The number of esters is 1. The predicted molar refractivity (Wildman–Crippen MR) is 146 cm³/mol. The molecule has 0 atom stereocenters. The van der Waals surface area contributed by atoms with E-state index in [0.29, 0.717) is 29.1 Å². The number of sulfonamides is 1. The molecule has 37 heavy (non-hydrogen) atoms. The third-order valence-corrected chi connectivity index (χ3v) is 7.79. The molecule has 0 saturated carbocycles. The summed E-state index contributed by atoms with van der Waals surface area (Å²) in [6.07, 6.45) is 0. The van der Waals surface area contributed by atoms with Crippen molar-refractivity contribution in [3.05, 3.63) is 102 Å². The van der Waals surface area contributed by atoms with E-state index in [1.807, 2.05) is 42.5 Å². The molecular weight excluding hydrogens is 486 g/mol. The minimum absolute atomic E-state index is 0.182. The molecular formula is C29H27N3O4S. The molecule has 0 spiro atoms. The SMILES string of the molecule is CCN(CC)Cc1cc(NC2=NS(=O)(=O)c3ccccc32)ccc1OC(=O)c1cccc2ccccc12. The van der Waals surface area contributed by atoms with Gasteiger partial charge in [-0.25, -0.2) is 4.79 Å². The summed E-state index contributed by atoms with van der Waals surface area (Å²) in [4.78, 5) is 15.6. The van der Waals surface area contributed by atoms with Crippen molar-refractivity contribution < 1.29 is 17.9 Å². The van der Waals surface area contributed by atoms with Gasteiger partial charge in [0.1, 0.15) is 10.6 Å². The van der Waals surface area contributed by atoms with Gasteiger partial charge in [-0.3, -0.25) is 4.90 Å². The van der Waals surface area contributed by atoms with Crippen LogP contribution >= 0.6 is 0 Å². The fourth-order valence-electron chi connectivity index (χ4n) is 4.46. The van der Waals surface area contributed by atoms with Crippen LogP contribution < -0.4 is 10.1 Å². The number of ether oxygens (including phenoxy) is 1. The molecule has 4 aromatic rings. The summed E-state index contributed by atoms with van der Waals surface area (Å²) in [6.45, 7) is 6.35. The van der Waals surface area contributed by atoms with Gasteiger partial charge in [-0.2, -0.15) is 8.42 Å². The number of carbonyl (C=O) groups is 1. The highest BCUT2D eigenvalue weighted by molar-refractivity contribution is 7.90. The van der Waals surface area contributed by atoms with E-state index in [1.54, 1.807) is 42.5 Å². The first-order chi connectivity index (χ1) is 17.9. The number of anilines is 1. The molecule has 0 unspecified atom stereocenters. The molecule has 0 saturated heterocycles. The Morgan fingerprint density at radius 3 is 2.46 bits per heavy atom. The monoisotopic (exact) mass is 513 g/mol. The van der Waals surface area contributed by atoms with Gasteiger partial charge in [0, 0.05) is 23.4 Å². The van der Waals surface area contributed by atoms with E-state index in [0.717, 1.165) is 29.4 Å². The normalized spacial score (nSPS) is 13.9. The van der Waals surface area contributed by atoms with Crippen LogP contribution in [0.1, 0.15) is 35.3 Å². The molecule has 0 aromatic heterocycles. The second kappa shape index (κ2) is 10.2. The molecule has 0 bridgehead atoms. The topological polar surface area (TPSA) is 88.1 Å². The van der Waals surface area contributed by atoms with Gasteiger partial charge < -0.3 is 10.1 Å². The highest BCUT2D eigenvalue weighted by Gasteiger charge is 2.28. The molecule has 0 fully saturated rings. The number of carbonyl (C=O) groups excluding carboxylic acids is 1. The smallest absolute Gasteiger partial charge is 0.344 e. The molecule has 188 valence electrons. The van der Waals surface area contributed by atoms with Crippen LogP contribution in [0.4, 0.5) is 5.69 Å². The molecule has 1 N–H and O–H groups in total. The molecule has 4 aromatic carbocycles. The van der Waals surface area contributed by atoms with Crippen LogP contribution in [0.25, 0.3) is 10.8 Å². The van der Waals surface area contributed by atoms with E-state index in [1.165, 1.54) is 0 Å². The summed E-state index contributed by atoms with van der Waals surface area (Å²) in [5.41, 5.74) is 2.48. The van der Waals surface area contributed by atoms with Crippen molar-refractivity contribution in [3.8, 4) is 5.75 Å². The van der Waals surface area contributed by atoms with E-state index in [-0.39, 0.29) is 10.7 Å². The van der Waals surface area contributed by atoms with Crippen LogP contribution in [-0.4, -0.2) is 38.2 Å². The predicted octanol–water partition coefficient (Wildman–Crippen LogP) is 5.46. The first kappa shape index (κ1) is 24.7.